The summed E-state index contributed by atoms with van der Waals surface area (Å²) < 4.78 is 0. The summed E-state index contributed by atoms with van der Waals surface area (Å²) in [5, 5.41) is 12.6. The molecule has 2 rings (SSSR count). The molecule has 1 heterocycles. The number of nitrogens with two attached hydrogens (primary N) is 1. The summed E-state index contributed by atoms with van der Waals surface area (Å²) in [6.45, 7) is 2.67. The summed E-state index contributed by atoms with van der Waals surface area (Å²) in [7, 11) is 0. The summed E-state index contributed by atoms with van der Waals surface area (Å²) >= 11 is 0. The molecule has 5 N–H and O–H groups in total. The Kier molecular flexibility index (Phi) is 3.49. The molecule has 1 aromatic carbocycles. The fourth-order valence-electron chi connectivity index (χ4n) is 1.67. The molecule has 0 amide bonds. The number of imidazole rings is 1. The second kappa shape index (κ2) is 5.05. The minimum Gasteiger partial charge on any atom is -0.399 e. The highest BCUT2D eigenvalue weighted by Gasteiger charge is 2.04. The Labute approximate surface area is 100 Å². The molecule has 5 heteroatoms. The summed E-state index contributed by atoms with van der Waals surface area (Å²) in [4.78, 5) is 7.52. The van der Waals surface area contributed by atoms with Crippen LogP contribution in [-0.4, -0.2) is 27.7 Å². The van der Waals surface area contributed by atoms with Gasteiger partial charge in [-0.2, -0.15) is 0 Å². The van der Waals surface area contributed by atoms with Crippen LogP contribution in [0.15, 0.2) is 18.2 Å². The van der Waals surface area contributed by atoms with Crippen molar-refractivity contribution in [1.82, 2.24) is 9.97 Å². The molecule has 92 valence electrons. The Balaban J connectivity index is 1.99. The number of aromatic nitrogens is 2. The first-order valence-corrected chi connectivity index (χ1v) is 5.86. The Bertz CT molecular complexity index is 494. The first-order chi connectivity index (χ1) is 8.19. The lowest BCUT2D eigenvalue weighted by molar-refractivity contribution is 0.164. The zero-order chi connectivity index (χ0) is 12.3. The fourth-order valence-corrected chi connectivity index (χ4v) is 1.67. The van der Waals surface area contributed by atoms with Gasteiger partial charge in [0.2, 0.25) is 5.95 Å². The van der Waals surface area contributed by atoms with Gasteiger partial charge in [-0.05, 0) is 31.0 Å². The van der Waals surface area contributed by atoms with Crippen molar-refractivity contribution >= 4 is 22.7 Å². The molecule has 0 fully saturated rings. The van der Waals surface area contributed by atoms with Gasteiger partial charge in [0, 0.05) is 12.2 Å². The maximum atomic E-state index is 9.42. The van der Waals surface area contributed by atoms with E-state index in [1.54, 1.807) is 0 Å². The van der Waals surface area contributed by atoms with Crippen molar-refractivity contribution in [1.29, 1.82) is 0 Å². The van der Waals surface area contributed by atoms with Crippen LogP contribution in [0.25, 0.3) is 11.0 Å². The molecule has 17 heavy (non-hydrogen) atoms. The standard InChI is InChI=1S/C12H18N4O/c1-2-9(17)5-6-14-12-15-10-4-3-8(13)7-11(10)16-12/h3-4,7,9,17H,2,5-6,13H2,1H3,(H2,14,15,16). The van der Waals surface area contributed by atoms with Gasteiger partial charge in [-0.25, -0.2) is 4.98 Å². The van der Waals surface area contributed by atoms with Crippen molar-refractivity contribution in [3.8, 4) is 0 Å². The third kappa shape index (κ3) is 2.88. The third-order valence-corrected chi connectivity index (χ3v) is 2.75. The Morgan fingerprint density at radius 3 is 3.12 bits per heavy atom. The quantitative estimate of drug-likeness (QED) is 0.593. The van der Waals surface area contributed by atoms with Gasteiger partial charge in [0.05, 0.1) is 17.1 Å². The topological polar surface area (TPSA) is 87.0 Å². The van der Waals surface area contributed by atoms with Crippen LogP contribution in [0, 0.1) is 0 Å². The number of hydrogen-bond donors (Lipinski definition) is 4. The third-order valence-electron chi connectivity index (χ3n) is 2.75. The molecule has 0 saturated carbocycles. The van der Waals surface area contributed by atoms with Gasteiger partial charge in [0.25, 0.3) is 0 Å². The van der Waals surface area contributed by atoms with E-state index in [0.29, 0.717) is 18.2 Å². The molecule has 1 aromatic heterocycles. The minimum atomic E-state index is -0.248. The van der Waals surface area contributed by atoms with Gasteiger partial charge in [-0.1, -0.05) is 6.92 Å². The largest absolute Gasteiger partial charge is 0.399 e. The number of nitrogens with zero attached hydrogens (tertiary/aromatic N) is 1. The van der Waals surface area contributed by atoms with Crippen LogP contribution in [0.1, 0.15) is 19.8 Å². The van der Waals surface area contributed by atoms with Crippen molar-refractivity contribution in [2.24, 2.45) is 0 Å². The molecule has 0 radical (unpaired) electrons. The van der Waals surface area contributed by atoms with Crippen LogP contribution < -0.4 is 11.1 Å². The molecule has 0 saturated heterocycles. The van der Waals surface area contributed by atoms with E-state index >= 15 is 0 Å². The number of H-pyrrole nitrogens is 1. The van der Waals surface area contributed by atoms with Crippen molar-refractivity contribution in [3.05, 3.63) is 18.2 Å². The molecular weight excluding hydrogens is 216 g/mol. The monoisotopic (exact) mass is 234 g/mol. The minimum absolute atomic E-state index is 0.248. The Hall–Kier alpha value is -1.75. The van der Waals surface area contributed by atoms with E-state index in [0.717, 1.165) is 23.9 Å². The molecule has 0 spiro atoms. The molecule has 0 aliphatic rings. The van der Waals surface area contributed by atoms with E-state index in [4.69, 9.17) is 5.73 Å². The van der Waals surface area contributed by atoms with E-state index in [1.807, 2.05) is 25.1 Å². The van der Waals surface area contributed by atoms with Gasteiger partial charge in [0.1, 0.15) is 0 Å². The lowest BCUT2D eigenvalue weighted by Gasteiger charge is -2.07. The van der Waals surface area contributed by atoms with E-state index < -0.39 is 0 Å². The Morgan fingerprint density at radius 2 is 2.35 bits per heavy atom. The van der Waals surface area contributed by atoms with E-state index in [2.05, 4.69) is 15.3 Å². The number of aliphatic hydroxyl groups is 1. The molecule has 2 aromatic rings. The average molecular weight is 234 g/mol. The zero-order valence-corrected chi connectivity index (χ0v) is 9.90. The Morgan fingerprint density at radius 1 is 1.53 bits per heavy atom. The molecule has 1 atom stereocenters. The number of benzene rings is 1. The van der Waals surface area contributed by atoms with Crippen LogP contribution in [0.4, 0.5) is 11.6 Å². The van der Waals surface area contributed by atoms with Gasteiger partial charge in [-0.15, -0.1) is 0 Å². The molecule has 0 aliphatic carbocycles. The summed E-state index contributed by atoms with van der Waals surface area (Å²) in [5.41, 5.74) is 8.21. The normalized spacial score (nSPS) is 12.8. The second-order valence-electron chi connectivity index (χ2n) is 4.14. The van der Waals surface area contributed by atoms with Crippen molar-refractivity contribution < 1.29 is 5.11 Å². The summed E-state index contributed by atoms with van der Waals surface area (Å²) in [5.74, 6) is 0.717. The van der Waals surface area contributed by atoms with Crippen molar-refractivity contribution in [2.45, 2.75) is 25.9 Å². The van der Waals surface area contributed by atoms with Crippen molar-refractivity contribution in [2.75, 3.05) is 17.6 Å². The number of aliphatic hydroxyl groups excluding tert-OH is 1. The SMILES string of the molecule is CCC(O)CCNc1nc2ccc(N)cc2[nH]1. The summed E-state index contributed by atoms with van der Waals surface area (Å²) in [6.07, 6.45) is 1.25. The summed E-state index contributed by atoms with van der Waals surface area (Å²) in [6, 6.07) is 5.56. The number of nitrogens with one attached hydrogen (secondary N) is 2. The highest BCUT2D eigenvalue weighted by Crippen LogP contribution is 2.17. The van der Waals surface area contributed by atoms with Gasteiger partial charge in [-0.3, -0.25) is 0 Å². The van der Waals surface area contributed by atoms with Gasteiger partial charge >= 0.3 is 0 Å². The van der Waals surface area contributed by atoms with Gasteiger partial charge in [0.15, 0.2) is 0 Å². The van der Waals surface area contributed by atoms with Crippen LogP contribution in [0.3, 0.4) is 0 Å². The lowest BCUT2D eigenvalue weighted by Crippen LogP contribution is -2.12. The maximum Gasteiger partial charge on any atom is 0.201 e. The maximum absolute atomic E-state index is 9.42. The molecule has 0 bridgehead atoms. The number of nitrogen functional groups attached to an aromatic ring is 1. The van der Waals surface area contributed by atoms with E-state index in [1.165, 1.54) is 0 Å². The van der Waals surface area contributed by atoms with Crippen LogP contribution in [0.5, 0.6) is 0 Å². The lowest BCUT2D eigenvalue weighted by atomic mass is 10.2. The zero-order valence-electron chi connectivity index (χ0n) is 9.90. The first-order valence-electron chi connectivity index (χ1n) is 5.86. The average Bonchev–Trinajstić information content (AvgIpc) is 2.70. The van der Waals surface area contributed by atoms with E-state index in [9.17, 15) is 5.11 Å². The number of anilines is 2. The van der Waals surface area contributed by atoms with Crippen LogP contribution in [-0.2, 0) is 0 Å². The van der Waals surface area contributed by atoms with Crippen LogP contribution >= 0.6 is 0 Å². The van der Waals surface area contributed by atoms with Crippen LogP contribution in [0.2, 0.25) is 0 Å². The van der Waals surface area contributed by atoms with Gasteiger partial charge < -0.3 is 21.1 Å². The number of hydrogen-bond acceptors (Lipinski definition) is 4. The highest BCUT2D eigenvalue weighted by atomic mass is 16.3. The smallest absolute Gasteiger partial charge is 0.201 e. The number of aromatic amines is 1. The van der Waals surface area contributed by atoms with E-state index in [-0.39, 0.29) is 6.10 Å². The second-order valence-corrected chi connectivity index (χ2v) is 4.14. The first kappa shape index (κ1) is 11.7. The molecule has 1 unspecified atom stereocenters. The molecular formula is C12H18N4O. The molecule has 0 aliphatic heterocycles. The molecule has 5 nitrogen and oxygen atoms in total. The predicted molar refractivity (Wildman–Crippen MR) is 69.9 cm³/mol. The number of fused-ring (bicyclic) bond motifs is 1. The fraction of sp³-hybridized carbons (Fsp3) is 0.417. The predicted octanol–water partition coefficient (Wildman–Crippen LogP) is 1.72. The number of rotatable bonds is 5. The van der Waals surface area contributed by atoms with Crippen molar-refractivity contribution in [3.63, 3.8) is 0 Å². The highest BCUT2D eigenvalue weighted by molar-refractivity contribution is 5.80.